The number of hydrogen-bond acceptors (Lipinski definition) is 8. The fourth-order valence-corrected chi connectivity index (χ4v) is 13.3. The molecule has 0 aromatic heterocycles. The maximum absolute atomic E-state index is 7.24. The van der Waals surface area contributed by atoms with Crippen LogP contribution < -0.4 is 42.5 Å². The molecule has 18 unspecified atom stereocenters. The third kappa shape index (κ3) is 5.46. The number of alkyl halides is 2. The monoisotopic (exact) mass is 727 g/mol. The van der Waals surface area contributed by atoms with Crippen LogP contribution in [-0.2, 0) is 17.1 Å². The fraction of sp³-hybridized carbons (Fsp3) is 1.00. The Morgan fingerprint density at radius 2 is 0.651 bits per heavy atom. The zero-order valence-corrected chi connectivity index (χ0v) is 28.6. The molecule has 1 radical (unpaired) electrons. The van der Waals surface area contributed by atoms with E-state index in [1.807, 2.05) is 0 Å². The van der Waals surface area contributed by atoms with E-state index in [0.717, 1.165) is 18.8 Å². The van der Waals surface area contributed by atoms with Crippen LogP contribution in [0.3, 0.4) is 0 Å². The van der Waals surface area contributed by atoms with Gasteiger partial charge in [-0.05, 0) is 86.9 Å². The summed E-state index contributed by atoms with van der Waals surface area (Å²) in [6, 6.07) is 0. The van der Waals surface area contributed by atoms with Crippen molar-refractivity contribution in [2.75, 3.05) is 0 Å². The van der Waals surface area contributed by atoms with Crippen molar-refractivity contribution in [3.8, 4) is 0 Å². The van der Waals surface area contributed by atoms with Crippen LogP contribution >= 0.6 is 27.5 Å². The van der Waals surface area contributed by atoms with Gasteiger partial charge in [0.2, 0.25) is 0 Å². The molecule has 9 aliphatic rings. The number of fused-ring (bicyclic) bond motifs is 20. The van der Waals surface area contributed by atoms with Gasteiger partial charge >= 0.3 is 0 Å². The van der Waals surface area contributed by atoms with Crippen molar-refractivity contribution in [2.24, 2.45) is 47.3 Å². The molecule has 0 aromatic rings. The van der Waals surface area contributed by atoms with E-state index in [4.69, 9.17) is 11.6 Å². The molecule has 11 heteroatoms. The van der Waals surface area contributed by atoms with Gasteiger partial charge in [0.25, 0.3) is 0 Å². The Labute approximate surface area is 282 Å². The van der Waals surface area contributed by atoms with Gasteiger partial charge in [-0.2, -0.15) is 0 Å². The minimum Gasteiger partial charge on any atom is -0.286 e. The van der Waals surface area contributed by atoms with E-state index in [9.17, 15) is 0 Å². The molecule has 9 fully saturated rings. The summed E-state index contributed by atoms with van der Waals surface area (Å²) in [6.45, 7) is 0. The van der Waals surface area contributed by atoms with Gasteiger partial charge in [0, 0.05) is 39.1 Å². The van der Waals surface area contributed by atoms with Gasteiger partial charge in [0.1, 0.15) is 0 Å². The van der Waals surface area contributed by atoms with E-state index in [1.54, 1.807) is 0 Å². The first kappa shape index (κ1) is 31.3. The number of hydrogen-bond donors (Lipinski definition) is 8. The Morgan fingerprint density at radius 3 is 1.00 bits per heavy atom. The average Bonchev–Trinajstić information content (AvgIpc) is 3.75. The standard InChI is InChI=1S/C32H54BrClN8.Cu/c33-21-13-14-22(34)24-23(21)31-40-29-19-11-5-3-9-17(19)27(38-29)36-25-15-7-1-2-8-16(15)26(35-25)37-28-18-10-4-6-12-20(18)30(39-28)41-32(24)42-31;/h15-32,35-42H,1-14H2;. The van der Waals surface area contributed by atoms with Gasteiger partial charge in [0.15, 0.2) is 0 Å². The molecule has 0 aromatic carbocycles. The Kier molecular flexibility index (Phi) is 9.28. The molecular formula is C32H54BrClCuN8. The van der Waals surface area contributed by atoms with Crippen LogP contribution in [0.1, 0.15) is 89.9 Å². The summed E-state index contributed by atoms with van der Waals surface area (Å²) in [5.74, 6) is 5.06. The third-order valence-electron chi connectivity index (χ3n) is 13.8. The maximum atomic E-state index is 7.24. The van der Waals surface area contributed by atoms with Crippen LogP contribution in [0.15, 0.2) is 0 Å². The number of nitrogens with one attached hydrogen (secondary N) is 8. The fourth-order valence-electron chi connectivity index (χ4n) is 12.0. The maximum Gasteiger partial charge on any atom is 0.0643 e. The van der Waals surface area contributed by atoms with Crippen molar-refractivity contribution >= 4 is 27.5 Å². The molecule has 8 N–H and O–H groups in total. The molecule has 5 aliphatic heterocycles. The smallest absolute Gasteiger partial charge is 0.0643 e. The van der Waals surface area contributed by atoms with Crippen LogP contribution in [0.5, 0.6) is 0 Å². The van der Waals surface area contributed by atoms with Crippen molar-refractivity contribution in [1.82, 2.24) is 42.5 Å². The predicted molar refractivity (Wildman–Crippen MR) is 170 cm³/mol. The normalized spacial score (nSPS) is 57.6. The van der Waals surface area contributed by atoms with E-state index in [0.29, 0.717) is 83.2 Å². The molecule has 8 bridgehead atoms. The Balaban J connectivity index is 0.00000278. The first-order valence-corrected chi connectivity index (χ1v) is 19.3. The summed E-state index contributed by atoms with van der Waals surface area (Å²) in [4.78, 5) is 0.491. The quantitative estimate of drug-likeness (QED) is 0.143. The molecular weight excluding hydrogens is 675 g/mol. The van der Waals surface area contributed by atoms with Crippen LogP contribution in [0.4, 0.5) is 0 Å². The zero-order valence-electron chi connectivity index (χ0n) is 25.3. The van der Waals surface area contributed by atoms with Gasteiger partial charge in [-0.15, -0.1) is 11.6 Å². The van der Waals surface area contributed by atoms with Crippen molar-refractivity contribution in [1.29, 1.82) is 0 Å². The predicted octanol–water partition coefficient (Wildman–Crippen LogP) is 3.19. The van der Waals surface area contributed by atoms with E-state index < -0.39 is 0 Å². The average molecular weight is 730 g/mol. The van der Waals surface area contributed by atoms with Crippen LogP contribution in [-0.4, -0.2) is 59.5 Å². The van der Waals surface area contributed by atoms with Crippen molar-refractivity contribution in [3.05, 3.63) is 0 Å². The minimum atomic E-state index is 0. The molecule has 5 saturated heterocycles. The molecule has 8 nitrogen and oxygen atoms in total. The molecule has 0 amide bonds. The Morgan fingerprint density at radius 1 is 0.372 bits per heavy atom. The van der Waals surface area contributed by atoms with Crippen molar-refractivity contribution in [2.45, 2.75) is 149 Å². The third-order valence-corrected chi connectivity index (χ3v) is 15.4. The molecule has 43 heavy (non-hydrogen) atoms. The van der Waals surface area contributed by atoms with Crippen molar-refractivity contribution in [3.63, 3.8) is 0 Å². The Bertz CT molecular complexity index is 925. The number of rotatable bonds is 0. The van der Waals surface area contributed by atoms with Crippen LogP contribution in [0, 0.1) is 47.3 Å². The summed E-state index contributed by atoms with van der Waals surface area (Å²) in [7, 11) is 0. The molecule has 247 valence electrons. The Hall–Kier alpha value is 0.969. The van der Waals surface area contributed by atoms with E-state index >= 15 is 0 Å². The molecule has 9 rings (SSSR count). The second-order valence-electron chi connectivity index (χ2n) is 15.8. The van der Waals surface area contributed by atoms with Gasteiger partial charge in [0.05, 0.1) is 49.3 Å². The molecule has 5 heterocycles. The molecule has 4 aliphatic carbocycles. The van der Waals surface area contributed by atoms with E-state index in [2.05, 4.69) is 58.5 Å². The molecule has 4 saturated carbocycles. The minimum absolute atomic E-state index is 0. The van der Waals surface area contributed by atoms with Gasteiger partial charge in [-0.25, -0.2) is 0 Å². The van der Waals surface area contributed by atoms with Crippen LogP contribution in [0.25, 0.3) is 0 Å². The second kappa shape index (κ2) is 12.8. The molecule has 0 spiro atoms. The summed E-state index contributed by atoms with van der Waals surface area (Å²) in [5.41, 5.74) is 0. The van der Waals surface area contributed by atoms with Crippen LogP contribution in [0.2, 0.25) is 0 Å². The zero-order chi connectivity index (χ0) is 27.9. The first-order valence-electron chi connectivity index (χ1n) is 18.0. The molecule has 18 atom stereocenters. The number of halogens is 2. The van der Waals surface area contributed by atoms with Gasteiger partial charge < -0.3 is 0 Å². The summed E-state index contributed by atoms with van der Waals surface area (Å²) in [6.07, 6.45) is 21.1. The van der Waals surface area contributed by atoms with E-state index in [-0.39, 0.29) is 34.8 Å². The largest absolute Gasteiger partial charge is 0.286 e. The summed E-state index contributed by atoms with van der Waals surface area (Å²) in [5, 5.41) is 33.8. The van der Waals surface area contributed by atoms with Gasteiger partial charge in [-0.1, -0.05) is 54.5 Å². The van der Waals surface area contributed by atoms with Crippen molar-refractivity contribution < 1.29 is 17.1 Å². The SMILES string of the molecule is ClC1CCC(Br)C2C3NC4NC(NC5NC(NC6NC(NC(N3)C12)C1CCCCC61)C1CCCCC51)C1CCCCC41.[Cu]. The van der Waals surface area contributed by atoms with E-state index in [1.165, 1.54) is 77.0 Å². The topological polar surface area (TPSA) is 96.2 Å². The summed E-state index contributed by atoms with van der Waals surface area (Å²) >= 11 is 11.4. The second-order valence-corrected chi connectivity index (χ2v) is 17.5. The first-order chi connectivity index (χ1) is 20.6. The summed E-state index contributed by atoms with van der Waals surface area (Å²) < 4.78 is 0. The van der Waals surface area contributed by atoms with Gasteiger partial charge in [-0.3, -0.25) is 42.5 Å².